The lowest BCUT2D eigenvalue weighted by molar-refractivity contribution is -0.140. The van der Waals surface area contributed by atoms with Crippen LogP contribution in [0, 0.1) is 13.8 Å². The molecule has 0 aliphatic carbocycles. The van der Waals surface area contributed by atoms with Crippen molar-refractivity contribution < 1.29 is 9.53 Å². The molecule has 0 spiro atoms. The number of carbonyl (C=O) groups excluding carboxylic acids is 1. The van der Waals surface area contributed by atoms with Crippen LogP contribution in [0.4, 0.5) is 5.69 Å². The quantitative estimate of drug-likeness (QED) is 0.365. The number of rotatable bonds is 4. The minimum Gasteiger partial charge on any atom is -0.469 e. The van der Waals surface area contributed by atoms with Gasteiger partial charge in [-0.1, -0.05) is 6.07 Å². The maximum Gasteiger partial charge on any atom is 0.307 e. The van der Waals surface area contributed by atoms with E-state index >= 15 is 0 Å². The van der Waals surface area contributed by atoms with Crippen molar-refractivity contribution in [2.24, 2.45) is 10.7 Å². The number of nitrogens with zero attached hydrogens (tertiary/aromatic N) is 1. The summed E-state index contributed by atoms with van der Waals surface area (Å²) in [6, 6.07) is 6.04. The molecule has 0 aliphatic heterocycles. The van der Waals surface area contributed by atoms with Gasteiger partial charge in [-0.3, -0.25) is 9.79 Å². The predicted octanol–water partition coefficient (Wildman–Crippen LogP) is 2.21. The van der Waals surface area contributed by atoms with E-state index in [0.717, 1.165) is 16.8 Å². The van der Waals surface area contributed by atoms with E-state index in [2.05, 4.69) is 21.1 Å². The van der Waals surface area contributed by atoms with Gasteiger partial charge in [0.05, 0.1) is 20.1 Å². The number of halogens is 1. The molecular formula is C13H20IN3O2. The number of aliphatic imine (C=N–C) groups is 1. The highest BCUT2D eigenvalue weighted by atomic mass is 127. The van der Waals surface area contributed by atoms with E-state index in [1.165, 1.54) is 7.11 Å². The Morgan fingerprint density at radius 2 is 1.89 bits per heavy atom. The van der Waals surface area contributed by atoms with Gasteiger partial charge in [-0.05, 0) is 37.1 Å². The Labute approximate surface area is 130 Å². The second-order valence-corrected chi connectivity index (χ2v) is 4.09. The number of guanidine groups is 1. The molecule has 0 radical (unpaired) electrons. The molecule has 6 heteroatoms. The van der Waals surface area contributed by atoms with Crippen molar-refractivity contribution in [1.29, 1.82) is 0 Å². The van der Waals surface area contributed by atoms with Crippen LogP contribution in [-0.2, 0) is 9.53 Å². The number of benzene rings is 1. The first-order valence-electron chi connectivity index (χ1n) is 5.73. The highest BCUT2D eigenvalue weighted by Crippen LogP contribution is 2.13. The first-order chi connectivity index (χ1) is 8.51. The van der Waals surface area contributed by atoms with Gasteiger partial charge in [0.15, 0.2) is 5.96 Å². The summed E-state index contributed by atoms with van der Waals surface area (Å²) in [6.07, 6.45) is 0.228. The Balaban J connectivity index is 0.00000324. The first-order valence-corrected chi connectivity index (χ1v) is 5.73. The number of anilines is 1. The molecule has 1 rings (SSSR count). The topological polar surface area (TPSA) is 76.7 Å². The van der Waals surface area contributed by atoms with Gasteiger partial charge in [0, 0.05) is 5.69 Å². The fraction of sp³-hybridized carbons (Fsp3) is 0.385. The predicted molar refractivity (Wildman–Crippen MR) is 88.1 cm³/mol. The molecule has 0 bridgehead atoms. The Morgan fingerprint density at radius 3 is 2.42 bits per heavy atom. The molecule has 0 saturated heterocycles. The first kappa shape index (κ1) is 17.7. The summed E-state index contributed by atoms with van der Waals surface area (Å²) in [5, 5.41) is 2.99. The summed E-state index contributed by atoms with van der Waals surface area (Å²) < 4.78 is 4.51. The normalized spacial score (nSPS) is 10.6. The summed E-state index contributed by atoms with van der Waals surface area (Å²) in [5.41, 5.74) is 8.92. The Morgan fingerprint density at radius 1 is 1.32 bits per heavy atom. The standard InChI is InChI=1S/C13H19N3O2.HI/c1-9-6-10(2)8-11(7-9)16-13(14)15-5-4-12(17)18-3;/h6-8H,4-5H2,1-3H3,(H3,14,15,16);1H. The maximum atomic E-state index is 10.9. The van der Waals surface area contributed by atoms with Crippen LogP contribution in [0.3, 0.4) is 0 Å². The van der Waals surface area contributed by atoms with E-state index in [4.69, 9.17) is 5.73 Å². The number of methoxy groups -OCH3 is 1. The third-order valence-electron chi connectivity index (χ3n) is 2.32. The van der Waals surface area contributed by atoms with Crippen LogP contribution in [0.5, 0.6) is 0 Å². The zero-order valence-electron chi connectivity index (χ0n) is 11.4. The van der Waals surface area contributed by atoms with Gasteiger partial charge in [-0.25, -0.2) is 0 Å². The van der Waals surface area contributed by atoms with Crippen molar-refractivity contribution in [3.63, 3.8) is 0 Å². The minimum absolute atomic E-state index is 0. The van der Waals surface area contributed by atoms with Crippen molar-refractivity contribution in [2.45, 2.75) is 20.3 Å². The molecule has 3 N–H and O–H groups in total. The summed E-state index contributed by atoms with van der Waals surface area (Å²) in [5.74, 6) is 0.00172. The molecule has 0 unspecified atom stereocenters. The number of nitrogens with one attached hydrogen (secondary N) is 1. The molecule has 1 aromatic carbocycles. The monoisotopic (exact) mass is 377 g/mol. The second kappa shape index (κ2) is 8.73. The second-order valence-electron chi connectivity index (χ2n) is 4.09. The molecule has 0 heterocycles. The lowest BCUT2D eigenvalue weighted by atomic mass is 10.1. The fourth-order valence-electron chi connectivity index (χ4n) is 1.60. The van der Waals surface area contributed by atoms with E-state index in [9.17, 15) is 4.79 Å². The molecule has 0 atom stereocenters. The highest BCUT2D eigenvalue weighted by Gasteiger charge is 2.00. The van der Waals surface area contributed by atoms with Crippen molar-refractivity contribution in [3.8, 4) is 0 Å². The molecule has 0 amide bonds. The van der Waals surface area contributed by atoms with Gasteiger partial charge in [0.25, 0.3) is 0 Å². The Hall–Kier alpha value is -1.31. The molecule has 5 nitrogen and oxygen atoms in total. The summed E-state index contributed by atoms with van der Waals surface area (Å²) in [7, 11) is 1.35. The van der Waals surface area contributed by atoms with E-state index in [1.54, 1.807) is 0 Å². The average molecular weight is 377 g/mol. The van der Waals surface area contributed by atoms with Crippen LogP contribution < -0.4 is 11.1 Å². The number of nitrogens with two attached hydrogens (primary N) is 1. The summed E-state index contributed by atoms with van der Waals surface area (Å²) in [4.78, 5) is 14.9. The maximum absolute atomic E-state index is 10.9. The van der Waals surface area contributed by atoms with Crippen molar-refractivity contribution in [1.82, 2.24) is 0 Å². The third-order valence-corrected chi connectivity index (χ3v) is 2.32. The highest BCUT2D eigenvalue weighted by molar-refractivity contribution is 14.0. The number of esters is 1. The Kier molecular flexibility index (Phi) is 8.13. The number of aryl methyl sites for hydroxylation is 2. The van der Waals surface area contributed by atoms with Gasteiger partial charge in [-0.2, -0.15) is 0 Å². The lowest BCUT2D eigenvalue weighted by Gasteiger charge is -2.07. The van der Waals surface area contributed by atoms with Crippen LogP contribution in [0.15, 0.2) is 23.2 Å². The van der Waals surface area contributed by atoms with Gasteiger partial charge in [0.2, 0.25) is 0 Å². The summed E-state index contributed by atoms with van der Waals surface area (Å²) >= 11 is 0. The largest absolute Gasteiger partial charge is 0.469 e. The third kappa shape index (κ3) is 7.00. The number of carbonyl (C=O) groups is 1. The SMILES string of the molecule is COC(=O)CCN=C(N)Nc1cc(C)cc(C)c1.I. The van der Waals surface area contributed by atoms with Crippen molar-refractivity contribution in [2.75, 3.05) is 19.0 Å². The molecule has 19 heavy (non-hydrogen) atoms. The van der Waals surface area contributed by atoms with E-state index < -0.39 is 0 Å². The number of hydrogen-bond donors (Lipinski definition) is 2. The van der Waals surface area contributed by atoms with Crippen LogP contribution in [-0.4, -0.2) is 25.6 Å². The van der Waals surface area contributed by atoms with Crippen LogP contribution in [0.1, 0.15) is 17.5 Å². The molecule has 0 aromatic heterocycles. The fourth-order valence-corrected chi connectivity index (χ4v) is 1.60. The van der Waals surface area contributed by atoms with Gasteiger partial charge in [-0.15, -0.1) is 24.0 Å². The van der Waals surface area contributed by atoms with Crippen molar-refractivity contribution >= 4 is 41.6 Å². The van der Waals surface area contributed by atoms with E-state index in [1.807, 2.05) is 26.0 Å². The molecule has 0 fully saturated rings. The van der Waals surface area contributed by atoms with E-state index in [0.29, 0.717) is 12.5 Å². The van der Waals surface area contributed by atoms with Crippen LogP contribution in [0.2, 0.25) is 0 Å². The summed E-state index contributed by atoms with van der Waals surface area (Å²) in [6.45, 7) is 4.35. The van der Waals surface area contributed by atoms with E-state index in [-0.39, 0.29) is 36.4 Å². The number of ether oxygens (including phenoxy) is 1. The zero-order valence-corrected chi connectivity index (χ0v) is 13.7. The average Bonchev–Trinajstić information content (AvgIpc) is 2.27. The smallest absolute Gasteiger partial charge is 0.307 e. The lowest BCUT2D eigenvalue weighted by Crippen LogP contribution is -2.23. The van der Waals surface area contributed by atoms with Gasteiger partial charge < -0.3 is 15.8 Å². The molecule has 0 saturated carbocycles. The van der Waals surface area contributed by atoms with Crippen LogP contribution >= 0.6 is 24.0 Å². The molecule has 1 aromatic rings. The van der Waals surface area contributed by atoms with Gasteiger partial charge in [0.1, 0.15) is 0 Å². The zero-order chi connectivity index (χ0) is 13.5. The van der Waals surface area contributed by atoms with Crippen LogP contribution in [0.25, 0.3) is 0 Å². The Bertz CT molecular complexity index is 441. The minimum atomic E-state index is -0.294. The van der Waals surface area contributed by atoms with Crippen molar-refractivity contribution in [3.05, 3.63) is 29.3 Å². The molecular weight excluding hydrogens is 357 g/mol. The van der Waals surface area contributed by atoms with Gasteiger partial charge >= 0.3 is 5.97 Å². The molecule has 0 aliphatic rings. The number of hydrogen-bond acceptors (Lipinski definition) is 3. The molecule has 106 valence electrons.